The molecule has 3 rings (SSSR count). The smallest absolute Gasteiger partial charge is 0.0384 e. The Hall–Kier alpha value is -3.06. The second kappa shape index (κ2) is 8.16. The standard InChI is InChI=1S/C24H23N/c1-3-4-9-19(2)22-12-8-13-24(18-22)25-23-16-14-21(15-17-23)20-10-6-5-7-11-20/h3-7,9-11,13-18,25H,1-2,8,12H2/b9-4-. The van der Waals surface area contributed by atoms with Crippen molar-refractivity contribution >= 4 is 5.69 Å². The highest BCUT2D eigenvalue weighted by Crippen LogP contribution is 2.26. The van der Waals surface area contributed by atoms with E-state index < -0.39 is 0 Å². The Balaban J connectivity index is 1.71. The van der Waals surface area contributed by atoms with Gasteiger partial charge in [-0.1, -0.05) is 79.9 Å². The van der Waals surface area contributed by atoms with Crippen molar-refractivity contribution in [3.63, 3.8) is 0 Å². The summed E-state index contributed by atoms with van der Waals surface area (Å²) in [6.45, 7) is 7.85. The van der Waals surface area contributed by atoms with E-state index in [-0.39, 0.29) is 0 Å². The first-order valence-electron chi connectivity index (χ1n) is 8.58. The van der Waals surface area contributed by atoms with Crippen LogP contribution in [0.3, 0.4) is 0 Å². The Morgan fingerprint density at radius 1 is 0.960 bits per heavy atom. The Morgan fingerprint density at radius 2 is 1.68 bits per heavy atom. The van der Waals surface area contributed by atoms with Crippen LogP contribution >= 0.6 is 0 Å². The first-order chi connectivity index (χ1) is 12.3. The van der Waals surface area contributed by atoms with E-state index in [1.807, 2.05) is 18.2 Å². The molecule has 0 spiro atoms. The van der Waals surface area contributed by atoms with E-state index in [0.29, 0.717) is 0 Å². The van der Waals surface area contributed by atoms with Gasteiger partial charge in [0.15, 0.2) is 0 Å². The lowest BCUT2D eigenvalue weighted by atomic mass is 9.96. The van der Waals surface area contributed by atoms with Crippen LogP contribution in [0.5, 0.6) is 0 Å². The van der Waals surface area contributed by atoms with E-state index in [9.17, 15) is 0 Å². The van der Waals surface area contributed by atoms with Gasteiger partial charge in [0.05, 0.1) is 0 Å². The lowest BCUT2D eigenvalue weighted by molar-refractivity contribution is 0.964. The van der Waals surface area contributed by atoms with Crippen LogP contribution < -0.4 is 5.32 Å². The van der Waals surface area contributed by atoms with Gasteiger partial charge in [0.25, 0.3) is 0 Å². The van der Waals surface area contributed by atoms with Gasteiger partial charge in [0, 0.05) is 11.4 Å². The summed E-state index contributed by atoms with van der Waals surface area (Å²) < 4.78 is 0. The highest BCUT2D eigenvalue weighted by Gasteiger charge is 2.07. The minimum atomic E-state index is 1.03. The lowest BCUT2D eigenvalue weighted by Gasteiger charge is -2.16. The summed E-state index contributed by atoms with van der Waals surface area (Å²) in [6.07, 6.45) is 12.2. The van der Waals surface area contributed by atoms with Crippen LogP contribution in [-0.2, 0) is 0 Å². The van der Waals surface area contributed by atoms with Crippen molar-refractivity contribution in [2.24, 2.45) is 0 Å². The van der Waals surface area contributed by atoms with E-state index in [4.69, 9.17) is 0 Å². The molecule has 0 aliphatic heterocycles. The van der Waals surface area contributed by atoms with Crippen LogP contribution in [0.4, 0.5) is 5.69 Å². The average molecular weight is 325 g/mol. The quantitative estimate of drug-likeness (QED) is 0.585. The molecule has 0 bridgehead atoms. The van der Waals surface area contributed by atoms with Gasteiger partial charge in [-0.15, -0.1) is 0 Å². The molecule has 0 unspecified atom stereocenters. The van der Waals surface area contributed by atoms with Crippen LogP contribution in [0, 0.1) is 0 Å². The second-order valence-electron chi connectivity index (χ2n) is 6.06. The van der Waals surface area contributed by atoms with Crippen LogP contribution in [0.15, 0.2) is 115 Å². The summed E-state index contributed by atoms with van der Waals surface area (Å²) in [5.41, 5.74) is 7.00. The maximum absolute atomic E-state index is 4.14. The maximum Gasteiger partial charge on any atom is 0.0384 e. The second-order valence-corrected chi connectivity index (χ2v) is 6.06. The van der Waals surface area contributed by atoms with Crippen molar-refractivity contribution in [3.8, 4) is 11.1 Å². The molecule has 1 aliphatic rings. The number of nitrogens with one attached hydrogen (secondary N) is 1. The monoisotopic (exact) mass is 325 g/mol. The Kier molecular flexibility index (Phi) is 5.48. The summed E-state index contributed by atoms with van der Waals surface area (Å²) in [7, 11) is 0. The summed E-state index contributed by atoms with van der Waals surface area (Å²) in [6, 6.07) is 19.0. The van der Waals surface area contributed by atoms with Crippen molar-refractivity contribution in [2.45, 2.75) is 12.8 Å². The molecular weight excluding hydrogens is 302 g/mol. The molecule has 0 amide bonds. The third kappa shape index (κ3) is 4.48. The number of anilines is 1. The third-order valence-electron chi connectivity index (χ3n) is 4.23. The summed E-state index contributed by atoms with van der Waals surface area (Å²) in [5.74, 6) is 0. The SMILES string of the molecule is C=C/C=C\C(=C)C1=CC(Nc2ccc(-c3ccccc3)cc2)=CCC1. The molecule has 0 aromatic heterocycles. The minimum Gasteiger partial charge on any atom is -0.356 e. The van der Waals surface area contributed by atoms with E-state index in [1.165, 1.54) is 16.7 Å². The van der Waals surface area contributed by atoms with Gasteiger partial charge in [0.2, 0.25) is 0 Å². The third-order valence-corrected chi connectivity index (χ3v) is 4.23. The van der Waals surface area contributed by atoms with Crippen LogP contribution in [0.1, 0.15) is 12.8 Å². The highest BCUT2D eigenvalue weighted by molar-refractivity contribution is 5.67. The van der Waals surface area contributed by atoms with Gasteiger partial charge >= 0.3 is 0 Å². The number of rotatable bonds is 6. The van der Waals surface area contributed by atoms with Crippen LogP contribution in [0.2, 0.25) is 0 Å². The molecule has 1 aliphatic carbocycles. The lowest BCUT2D eigenvalue weighted by Crippen LogP contribution is -2.02. The molecule has 0 fully saturated rings. The normalized spacial score (nSPS) is 13.9. The zero-order valence-electron chi connectivity index (χ0n) is 14.4. The fraction of sp³-hybridized carbons (Fsp3) is 0.0833. The minimum absolute atomic E-state index is 1.03. The van der Waals surface area contributed by atoms with Crippen molar-refractivity contribution in [2.75, 3.05) is 5.32 Å². The Bertz CT molecular complexity index is 833. The molecule has 2 aromatic carbocycles. The molecule has 2 aromatic rings. The molecule has 0 saturated carbocycles. The fourth-order valence-electron chi connectivity index (χ4n) is 2.88. The van der Waals surface area contributed by atoms with Crippen molar-refractivity contribution in [1.82, 2.24) is 0 Å². The molecule has 0 saturated heterocycles. The molecule has 1 nitrogen and oxygen atoms in total. The highest BCUT2D eigenvalue weighted by atomic mass is 14.9. The fourth-order valence-corrected chi connectivity index (χ4v) is 2.88. The molecule has 1 heteroatoms. The van der Waals surface area contributed by atoms with Gasteiger partial charge in [0.1, 0.15) is 0 Å². The van der Waals surface area contributed by atoms with Gasteiger partial charge < -0.3 is 5.32 Å². The predicted molar refractivity (Wildman–Crippen MR) is 109 cm³/mol. The number of allylic oxidation sites excluding steroid dienone is 7. The molecule has 25 heavy (non-hydrogen) atoms. The van der Waals surface area contributed by atoms with Gasteiger partial charge in [-0.2, -0.15) is 0 Å². The molecule has 0 radical (unpaired) electrons. The van der Waals surface area contributed by atoms with Crippen LogP contribution in [-0.4, -0.2) is 0 Å². The van der Waals surface area contributed by atoms with Crippen molar-refractivity contribution in [1.29, 1.82) is 0 Å². The van der Waals surface area contributed by atoms with E-state index in [1.54, 1.807) is 6.08 Å². The first-order valence-corrected chi connectivity index (χ1v) is 8.58. The van der Waals surface area contributed by atoms with E-state index in [0.717, 1.165) is 29.8 Å². The first kappa shape index (κ1) is 16.8. The predicted octanol–water partition coefficient (Wildman–Crippen LogP) is 6.67. The zero-order chi connectivity index (χ0) is 17.5. The zero-order valence-corrected chi connectivity index (χ0v) is 14.4. The molecule has 0 heterocycles. The van der Waals surface area contributed by atoms with Gasteiger partial charge in [-0.25, -0.2) is 0 Å². The van der Waals surface area contributed by atoms with Crippen molar-refractivity contribution < 1.29 is 0 Å². The number of hydrogen-bond donors (Lipinski definition) is 1. The molecular formula is C24H23N. The molecule has 1 N–H and O–H groups in total. The Morgan fingerprint density at radius 3 is 2.40 bits per heavy atom. The Labute approximate surface area is 150 Å². The number of benzene rings is 2. The topological polar surface area (TPSA) is 12.0 Å². The van der Waals surface area contributed by atoms with Crippen molar-refractivity contribution in [3.05, 3.63) is 115 Å². The summed E-state index contributed by atoms with van der Waals surface area (Å²) in [4.78, 5) is 0. The largest absolute Gasteiger partial charge is 0.356 e. The molecule has 0 atom stereocenters. The number of hydrogen-bond acceptors (Lipinski definition) is 1. The van der Waals surface area contributed by atoms with E-state index in [2.05, 4.69) is 79.2 Å². The maximum atomic E-state index is 4.14. The molecule has 124 valence electrons. The summed E-state index contributed by atoms with van der Waals surface area (Å²) in [5, 5.41) is 3.50. The van der Waals surface area contributed by atoms with Crippen LogP contribution in [0.25, 0.3) is 11.1 Å². The average Bonchev–Trinajstić information content (AvgIpc) is 2.67. The van der Waals surface area contributed by atoms with Gasteiger partial charge in [-0.3, -0.25) is 0 Å². The van der Waals surface area contributed by atoms with E-state index >= 15 is 0 Å². The summed E-state index contributed by atoms with van der Waals surface area (Å²) >= 11 is 0. The van der Waals surface area contributed by atoms with Gasteiger partial charge in [-0.05, 0) is 53.3 Å².